The number of nitro groups is 1. The van der Waals surface area contributed by atoms with E-state index in [9.17, 15) is 10.1 Å². The first-order chi connectivity index (χ1) is 10.1. The van der Waals surface area contributed by atoms with Crippen molar-refractivity contribution in [2.45, 2.75) is 26.1 Å². The van der Waals surface area contributed by atoms with Crippen LogP contribution in [-0.4, -0.2) is 35.2 Å². The van der Waals surface area contributed by atoms with Gasteiger partial charge in [0.1, 0.15) is 5.52 Å². The minimum Gasteiger partial charge on any atom is -0.372 e. The van der Waals surface area contributed by atoms with Gasteiger partial charge in [-0.05, 0) is 32.0 Å². The summed E-state index contributed by atoms with van der Waals surface area (Å²) >= 11 is 0. The summed E-state index contributed by atoms with van der Waals surface area (Å²) in [5.41, 5.74) is 1.70. The molecule has 6 nitrogen and oxygen atoms in total. The number of pyridine rings is 1. The molecular formula is C15H17N3O3. The van der Waals surface area contributed by atoms with E-state index in [0.29, 0.717) is 10.9 Å². The first-order valence-corrected chi connectivity index (χ1v) is 6.99. The minimum absolute atomic E-state index is 0.0937. The van der Waals surface area contributed by atoms with Crippen molar-refractivity contribution in [2.75, 3.05) is 18.0 Å². The maximum atomic E-state index is 11.2. The molecule has 6 heteroatoms. The molecule has 1 aromatic heterocycles. The molecule has 0 radical (unpaired) electrons. The van der Waals surface area contributed by atoms with Crippen LogP contribution in [0.2, 0.25) is 0 Å². The second-order valence-electron chi connectivity index (χ2n) is 5.42. The van der Waals surface area contributed by atoms with E-state index in [2.05, 4.69) is 9.88 Å². The predicted molar refractivity (Wildman–Crippen MR) is 80.6 cm³/mol. The molecule has 2 aromatic rings. The third kappa shape index (κ3) is 2.54. The molecule has 0 bridgehead atoms. The molecule has 0 spiro atoms. The number of benzene rings is 1. The Kier molecular flexibility index (Phi) is 3.47. The third-order valence-electron chi connectivity index (χ3n) is 3.68. The molecule has 1 saturated heterocycles. The number of morpholine rings is 1. The van der Waals surface area contributed by atoms with E-state index < -0.39 is 0 Å². The molecular weight excluding hydrogens is 270 g/mol. The number of nitro benzene ring substituents is 1. The van der Waals surface area contributed by atoms with Crippen molar-refractivity contribution in [2.24, 2.45) is 0 Å². The summed E-state index contributed by atoms with van der Waals surface area (Å²) in [6, 6.07) is 6.82. The quantitative estimate of drug-likeness (QED) is 0.627. The number of nitrogens with zero attached hydrogens (tertiary/aromatic N) is 3. The Bertz CT molecular complexity index is 679. The average Bonchev–Trinajstić information content (AvgIpc) is 2.44. The Balaban J connectivity index is 2.11. The van der Waals surface area contributed by atoms with Gasteiger partial charge in [-0.2, -0.15) is 0 Å². The smallest absolute Gasteiger partial charge is 0.278 e. The maximum absolute atomic E-state index is 11.2. The third-order valence-corrected chi connectivity index (χ3v) is 3.68. The van der Waals surface area contributed by atoms with Crippen LogP contribution in [0, 0.1) is 10.1 Å². The molecule has 0 aliphatic carbocycles. The van der Waals surface area contributed by atoms with E-state index >= 15 is 0 Å². The molecule has 110 valence electrons. The van der Waals surface area contributed by atoms with Crippen molar-refractivity contribution < 1.29 is 9.66 Å². The van der Waals surface area contributed by atoms with Gasteiger partial charge in [-0.1, -0.05) is 0 Å². The number of fused-ring (bicyclic) bond motifs is 1. The summed E-state index contributed by atoms with van der Waals surface area (Å²) in [7, 11) is 0. The Labute approximate surface area is 122 Å². The molecule has 0 amide bonds. The fourth-order valence-electron chi connectivity index (χ4n) is 2.93. The molecule has 2 atom stereocenters. The number of ether oxygens (including phenoxy) is 1. The summed E-state index contributed by atoms with van der Waals surface area (Å²) in [6.07, 6.45) is 1.92. The second-order valence-corrected chi connectivity index (χ2v) is 5.42. The molecule has 1 aliphatic heterocycles. The predicted octanol–water partition coefficient (Wildman–Crippen LogP) is 2.76. The lowest BCUT2D eigenvalue weighted by Gasteiger charge is -2.37. The van der Waals surface area contributed by atoms with Gasteiger partial charge in [0.15, 0.2) is 0 Å². The number of anilines is 1. The number of non-ortho nitro benzene ring substituents is 1. The largest absolute Gasteiger partial charge is 0.372 e. The molecule has 1 aromatic carbocycles. The van der Waals surface area contributed by atoms with Crippen molar-refractivity contribution in [3.8, 4) is 0 Å². The lowest BCUT2D eigenvalue weighted by Crippen LogP contribution is -2.45. The van der Waals surface area contributed by atoms with Gasteiger partial charge in [0.05, 0.1) is 28.2 Å². The van der Waals surface area contributed by atoms with Crippen molar-refractivity contribution in [1.82, 2.24) is 4.98 Å². The van der Waals surface area contributed by atoms with Crippen LogP contribution >= 0.6 is 0 Å². The van der Waals surface area contributed by atoms with Gasteiger partial charge < -0.3 is 9.64 Å². The molecule has 3 rings (SSSR count). The van der Waals surface area contributed by atoms with Crippen molar-refractivity contribution in [1.29, 1.82) is 0 Å². The zero-order valence-corrected chi connectivity index (χ0v) is 12.0. The van der Waals surface area contributed by atoms with E-state index in [1.54, 1.807) is 30.5 Å². The maximum Gasteiger partial charge on any atom is 0.278 e. The molecule has 1 fully saturated rings. The molecule has 2 heterocycles. The van der Waals surface area contributed by atoms with Crippen LogP contribution < -0.4 is 4.90 Å². The Morgan fingerprint density at radius 2 is 2.00 bits per heavy atom. The first kappa shape index (κ1) is 13.8. The zero-order valence-electron chi connectivity index (χ0n) is 12.0. The number of hydrogen-bond donors (Lipinski definition) is 0. The monoisotopic (exact) mass is 287 g/mol. The van der Waals surface area contributed by atoms with Crippen molar-refractivity contribution >= 4 is 22.3 Å². The van der Waals surface area contributed by atoms with Crippen LogP contribution in [0.5, 0.6) is 0 Å². The average molecular weight is 287 g/mol. The van der Waals surface area contributed by atoms with Gasteiger partial charge in [0.2, 0.25) is 0 Å². The van der Waals surface area contributed by atoms with Crippen molar-refractivity contribution in [3.63, 3.8) is 0 Å². The van der Waals surface area contributed by atoms with Crippen LogP contribution in [0.15, 0.2) is 30.5 Å². The highest BCUT2D eigenvalue weighted by Crippen LogP contribution is 2.33. The van der Waals surface area contributed by atoms with Gasteiger partial charge in [-0.3, -0.25) is 15.1 Å². The van der Waals surface area contributed by atoms with Gasteiger partial charge in [0, 0.05) is 25.4 Å². The van der Waals surface area contributed by atoms with Gasteiger partial charge in [-0.15, -0.1) is 0 Å². The van der Waals surface area contributed by atoms with Gasteiger partial charge in [0.25, 0.3) is 5.69 Å². The lowest BCUT2D eigenvalue weighted by atomic mass is 10.1. The highest BCUT2D eigenvalue weighted by molar-refractivity contribution is 5.97. The van der Waals surface area contributed by atoms with Crippen LogP contribution in [0.4, 0.5) is 11.4 Å². The van der Waals surface area contributed by atoms with Crippen molar-refractivity contribution in [3.05, 3.63) is 40.6 Å². The summed E-state index contributed by atoms with van der Waals surface area (Å²) in [6.45, 7) is 5.58. The van der Waals surface area contributed by atoms with E-state index in [4.69, 9.17) is 4.74 Å². The summed E-state index contributed by atoms with van der Waals surface area (Å²) in [5.74, 6) is 0. The van der Waals surface area contributed by atoms with E-state index in [-0.39, 0.29) is 22.8 Å². The summed E-state index contributed by atoms with van der Waals surface area (Å²) < 4.78 is 5.74. The fourth-order valence-corrected chi connectivity index (χ4v) is 2.93. The topological polar surface area (TPSA) is 68.5 Å². The van der Waals surface area contributed by atoms with Crippen LogP contribution in [0.1, 0.15) is 13.8 Å². The van der Waals surface area contributed by atoms with Crippen LogP contribution in [0.3, 0.4) is 0 Å². The SMILES string of the molecule is CC1CN(c2ccc([N+](=O)[O-])c3cccnc23)CC(C)O1. The number of hydrogen-bond acceptors (Lipinski definition) is 5. The van der Waals surface area contributed by atoms with E-state index in [0.717, 1.165) is 18.8 Å². The lowest BCUT2D eigenvalue weighted by molar-refractivity contribution is -0.383. The zero-order chi connectivity index (χ0) is 15.0. The highest BCUT2D eigenvalue weighted by Gasteiger charge is 2.25. The molecule has 0 N–H and O–H groups in total. The molecule has 0 saturated carbocycles. The molecule has 1 aliphatic rings. The number of rotatable bonds is 2. The minimum atomic E-state index is -0.363. The van der Waals surface area contributed by atoms with Gasteiger partial charge >= 0.3 is 0 Å². The van der Waals surface area contributed by atoms with Gasteiger partial charge in [-0.25, -0.2) is 0 Å². The Hall–Kier alpha value is -2.21. The Morgan fingerprint density at radius 3 is 2.67 bits per heavy atom. The van der Waals surface area contributed by atoms with E-state index in [1.807, 2.05) is 13.8 Å². The van der Waals surface area contributed by atoms with Crippen LogP contribution in [-0.2, 0) is 4.74 Å². The highest BCUT2D eigenvalue weighted by atomic mass is 16.6. The Morgan fingerprint density at radius 1 is 1.29 bits per heavy atom. The first-order valence-electron chi connectivity index (χ1n) is 6.99. The molecule has 21 heavy (non-hydrogen) atoms. The number of aromatic nitrogens is 1. The molecule has 2 unspecified atom stereocenters. The summed E-state index contributed by atoms with van der Waals surface area (Å²) in [4.78, 5) is 17.3. The standard InChI is InChI=1S/C15H17N3O3/c1-10-8-17(9-11(2)21-10)14-6-5-13(18(19)20)12-4-3-7-16-15(12)14/h3-7,10-11H,8-9H2,1-2H3. The normalized spacial score (nSPS) is 22.5. The second kappa shape index (κ2) is 5.29. The summed E-state index contributed by atoms with van der Waals surface area (Å²) in [5, 5.41) is 11.7. The fraction of sp³-hybridized carbons (Fsp3) is 0.400. The van der Waals surface area contributed by atoms with Crippen LogP contribution in [0.25, 0.3) is 10.9 Å². The van der Waals surface area contributed by atoms with E-state index in [1.165, 1.54) is 0 Å².